The third-order valence-corrected chi connectivity index (χ3v) is 5.77. The molecule has 2 heterocycles. The van der Waals surface area contributed by atoms with Crippen LogP contribution in [0.2, 0.25) is 0 Å². The van der Waals surface area contributed by atoms with E-state index < -0.39 is 0 Å². The van der Waals surface area contributed by atoms with Crippen molar-refractivity contribution in [3.05, 3.63) is 88.2 Å². The summed E-state index contributed by atoms with van der Waals surface area (Å²) in [5.41, 5.74) is 3.56. The number of aryl methyl sites for hydroxylation is 1. The zero-order valence-electron chi connectivity index (χ0n) is 16.2. The van der Waals surface area contributed by atoms with Gasteiger partial charge in [0, 0.05) is 18.0 Å². The number of hydrogen-bond donors (Lipinski definition) is 1. The van der Waals surface area contributed by atoms with Crippen LogP contribution >= 0.6 is 11.3 Å². The molecular formula is C23H21FN2O2S. The molecule has 0 fully saturated rings. The number of aromatic nitrogens is 1. The molecule has 0 saturated carbocycles. The van der Waals surface area contributed by atoms with Gasteiger partial charge in [-0.05, 0) is 54.4 Å². The molecule has 0 atom stereocenters. The first-order valence-electron chi connectivity index (χ1n) is 9.29. The van der Waals surface area contributed by atoms with Crippen molar-refractivity contribution in [1.29, 1.82) is 0 Å². The molecule has 0 aliphatic rings. The van der Waals surface area contributed by atoms with Crippen molar-refractivity contribution in [2.24, 2.45) is 0 Å². The van der Waals surface area contributed by atoms with E-state index in [1.165, 1.54) is 17.0 Å². The minimum Gasteiger partial charge on any atom is -0.497 e. The van der Waals surface area contributed by atoms with Gasteiger partial charge in [-0.3, -0.25) is 4.79 Å². The van der Waals surface area contributed by atoms with Gasteiger partial charge < -0.3 is 14.6 Å². The molecular weight excluding hydrogens is 387 g/mol. The van der Waals surface area contributed by atoms with Crippen molar-refractivity contribution >= 4 is 27.5 Å². The lowest BCUT2D eigenvalue weighted by Crippen LogP contribution is -2.25. The third kappa shape index (κ3) is 4.17. The molecule has 6 heteroatoms. The molecule has 0 unspecified atom stereocenters. The molecule has 0 radical (unpaired) electrons. The average Bonchev–Trinajstić information content (AvgIpc) is 3.24. The van der Waals surface area contributed by atoms with Crippen LogP contribution in [0.4, 0.5) is 4.39 Å². The fourth-order valence-electron chi connectivity index (χ4n) is 3.35. The predicted octanol–water partition coefficient (Wildman–Crippen LogP) is 5.14. The smallest absolute Gasteiger partial charge is 0.268 e. The summed E-state index contributed by atoms with van der Waals surface area (Å²) in [6.07, 6.45) is 0. The number of carbonyl (C=O) groups is 1. The monoisotopic (exact) mass is 408 g/mol. The summed E-state index contributed by atoms with van der Waals surface area (Å²) >= 11 is 1.67. The Morgan fingerprint density at radius 2 is 1.90 bits per heavy atom. The first-order valence-corrected chi connectivity index (χ1v) is 10.1. The highest BCUT2D eigenvalue weighted by Crippen LogP contribution is 2.30. The minimum atomic E-state index is -0.289. The predicted molar refractivity (Wildman–Crippen MR) is 114 cm³/mol. The van der Waals surface area contributed by atoms with E-state index in [2.05, 4.69) is 18.3 Å². The van der Waals surface area contributed by atoms with Crippen molar-refractivity contribution < 1.29 is 13.9 Å². The van der Waals surface area contributed by atoms with Gasteiger partial charge in [-0.25, -0.2) is 4.39 Å². The topological polar surface area (TPSA) is 43.3 Å². The molecule has 1 amide bonds. The summed E-state index contributed by atoms with van der Waals surface area (Å²) < 4.78 is 21.5. The molecule has 2 aromatic heterocycles. The van der Waals surface area contributed by atoms with Crippen LogP contribution < -0.4 is 10.1 Å². The van der Waals surface area contributed by atoms with Crippen LogP contribution in [0.5, 0.6) is 5.75 Å². The van der Waals surface area contributed by atoms with Gasteiger partial charge >= 0.3 is 0 Å². The Labute approximate surface area is 172 Å². The van der Waals surface area contributed by atoms with E-state index in [9.17, 15) is 9.18 Å². The fraction of sp³-hybridized carbons (Fsp3) is 0.174. The van der Waals surface area contributed by atoms with Gasteiger partial charge in [-0.15, -0.1) is 11.3 Å². The summed E-state index contributed by atoms with van der Waals surface area (Å²) in [5, 5.41) is 2.95. The second-order valence-corrected chi connectivity index (χ2v) is 8.17. The molecule has 4 nitrogen and oxygen atoms in total. The fourth-order valence-corrected chi connectivity index (χ4v) is 4.31. The molecule has 148 valence electrons. The number of thiophene rings is 1. The Morgan fingerprint density at radius 1 is 1.10 bits per heavy atom. The van der Waals surface area contributed by atoms with Gasteiger partial charge in [-0.2, -0.15) is 0 Å². The van der Waals surface area contributed by atoms with Gasteiger partial charge in [0.15, 0.2) is 0 Å². The van der Waals surface area contributed by atoms with Crippen LogP contribution in [0, 0.1) is 12.7 Å². The van der Waals surface area contributed by atoms with E-state index in [0.29, 0.717) is 18.8 Å². The maximum atomic E-state index is 13.1. The summed E-state index contributed by atoms with van der Waals surface area (Å²) in [6.45, 7) is 2.97. The number of hydrogen-bond acceptors (Lipinski definition) is 3. The van der Waals surface area contributed by atoms with E-state index in [1.807, 2.05) is 34.9 Å². The number of ether oxygens (including phenoxy) is 1. The Bertz CT molecular complexity index is 1160. The van der Waals surface area contributed by atoms with Crippen LogP contribution in [0.1, 0.15) is 26.5 Å². The molecule has 0 aliphatic heterocycles. The largest absolute Gasteiger partial charge is 0.497 e. The van der Waals surface area contributed by atoms with E-state index in [-0.39, 0.29) is 11.7 Å². The highest BCUT2D eigenvalue weighted by molar-refractivity contribution is 7.19. The summed E-state index contributed by atoms with van der Waals surface area (Å²) in [6, 6.07) is 18.0. The number of halogens is 1. The molecule has 0 saturated heterocycles. The van der Waals surface area contributed by atoms with Crippen molar-refractivity contribution in [1.82, 2.24) is 9.88 Å². The normalized spacial score (nSPS) is 11.0. The van der Waals surface area contributed by atoms with Crippen molar-refractivity contribution in [2.75, 3.05) is 7.11 Å². The molecule has 0 aliphatic carbocycles. The molecule has 1 N–H and O–H groups in total. The number of methoxy groups -OCH3 is 1. The SMILES string of the molecule is COc1cccc(Cn2c(C(=O)NCc3ccc(F)cc3)cc3sc(C)cc32)c1. The quantitative estimate of drug-likeness (QED) is 0.480. The van der Waals surface area contributed by atoms with Gasteiger partial charge in [0.2, 0.25) is 0 Å². The third-order valence-electron chi connectivity index (χ3n) is 4.79. The van der Waals surface area contributed by atoms with E-state index in [0.717, 1.165) is 27.1 Å². The number of fused-ring (bicyclic) bond motifs is 1. The van der Waals surface area contributed by atoms with Gasteiger partial charge in [0.1, 0.15) is 17.3 Å². The van der Waals surface area contributed by atoms with Crippen molar-refractivity contribution in [3.8, 4) is 5.75 Å². The van der Waals surface area contributed by atoms with Gasteiger partial charge in [0.25, 0.3) is 5.91 Å². The number of amides is 1. The maximum absolute atomic E-state index is 13.1. The van der Waals surface area contributed by atoms with Crippen LogP contribution in [-0.2, 0) is 13.1 Å². The summed E-state index contributed by atoms with van der Waals surface area (Å²) in [7, 11) is 1.64. The lowest BCUT2D eigenvalue weighted by Gasteiger charge is -2.12. The lowest BCUT2D eigenvalue weighted by molar-refractivity contribution is 0.0942. The standard InChI is InChI=1S/C23H21FN2O2S/c1-15-10-20-22(29-15)12-21(23(27)25-13-16-6-8-18(24)9-7-16)26(20)14-17-4-3-5-19(11-17)28-2/h3-12H,13-14H2,1-2H3,(H,25,27). The first-order chi connectivity index (χ1) is 14.0. The highest BCUT2D eigenvalue weighted by atomic mass is 32.1. The average molecular weight is 408 g/mol. The van der Waals surface area contributed by atoms with Crippen molar-refractivity contribution in [3.63, 3.8) is 0 Å². The number of nitrogens with one attached hydrogen (secondary N) is 1. The zero-order valence-corrected chi connectivity index (χ0v) is 17.1. The van der Waals surface area contributed by atoms with Crippen molar-refractivity contribution in [2.45, 2.75) is 20.0 Å². The summed E-state index contributed by atoms with van der Waals surface area (Å²) in [5.74, 6) is 0.343. The molecule has 2 aromatic carbocycles. The van der Waals surface area contributed by atoms with Crippen LogP contribution in [0.3, 0.4) is 0 Å². The molecule has 0 bridgehead atoms. The Hall–Kier alpha value is -3.12. The number of nitrogens with zero attached hydrogens (tertiary/aromatic N) is 1. The minimum absolute atomic E-state index is 0.154. The Kier molecular flexibility index (Phi) is 5.36. The second kappa shape index (κ2) is 8.09. The Morgan fingerprint density at radius 3 is 2.66 bits per heavy atom. The molecule has 29 heavy (non-hydrogen) atoms. The van der Waals surface area contributed by atoms with E-state index >= 15 is 0 Å². The van der Waals surface area contributed by atoms with Crippen LogP contribution in [0.15, 0.2) is 60.7 Å². The number of rotatable bonds is 6. The van der Waals surface area contributed by atoms with Crippen LogP contribution in [-0.4, -0.2) is 17.6 Å². The first kappa shape index (κ1) is 19.2. The number of benzene rings is 2. The number of carbonyl (C=O) groups excluding carboxylic acids is 1. The summed E-state index contributed by atoms with van der Waals surface area (Å²) in [4.78, 5) is 14.1. The van der Waals surface area contributed by atoms with Gasteiger partial charge in [-0.1, -0.05) is 24.3 Å². The van der Waals surface area contributed by atoms with E-state index in [1.54, 1.807) is 30.6 Å². The Balaban J connectivity index is 1.62. The molecule has 4 aromatic rings. The lowest BCUT2D eigenvalue weighted by atomic mass is 10.2. The molecule has 0 spiro atoms. The van der Waals surface area contributed by atoms with Gasteiger partial charge in [0.05, 0.1) is 17.3 Å². The zero-order chi connectivity index (χ0) is 20.4. The highest BCUT2D eigenvalue weighted by Gasteiger charge is 2.17. The van der Waals surface area contributed by atoms with Crippen LogP contribution in [0.25, 0.3) is 10.2 Å². The molecule has 4 rings (SSSR count). The maximum Gasteiger partial charge on any atom is 0.268 e. The van der Waals surface area contributed by atoms with E-state index in [4.69, 9.17) is 4.74 Å². The second-order valence-electron chi connectivity index (χ2n) is 6.88.